The highest BCUT2D eigenvalue weighted by atomic mass is 16.5. The number of carbonyl (C=O) groups is 2. The maximum atomic E-state index is 12.1. The van der Waals surface area contributed by atoms with E-state index in [0.29, 0.717) is 56.7 Å². The third kappa shape index (κ3) is 10.0. The predicted molar refractivity (Wildman–Crippen MR) is 139 cm³/mol. The van der Waals surface area contributed by atoms with Crippen LogP contribution in [0.5, 0.6) is 0 Å². The number of nitrogens with one attached hydrogen (secondary N) is 2. The summed E-state index contributed by atoms with van der Waals surface area (Å²) in [6.45, 7) is 6.18. The van der Waals surface area contributed by atoms with Crippen LogP contribution < -0.4 is 10.6 Å². The van der Waals surface area contributed by atoms with E-state index in [1.807, 2.05) is 48.5 Å². The van der Waals surface area contributed by atoms with E-state index in [0.717, 1.165) is 24.0 Å². The molecular formula is C27H34N6O4. The second-order valence-corrected chi connectivity index (χ2v) is 8.42. The van der Waals surface area contributed by atoms with Crippen LogP contribution in [0.3, 0.4) is 0 Å². The van der Waals surface area contributed by atoms with Gasteiger partial charge in [0.2, 0.25) is 11.7 Å². The third-order valence-corrected chi connectivity index (χ3v) is 5.41. The Morgan fingerprint density at radius 1 is 0.784 bits per heavy atom. The highest BCUT2D eigenvalue weighted by molar-refractivity contribution is 5.94. The van der Waals surface area contributed by atoms with E-state index in [1.54, 1.807) is 6.92 Å². The summed E-state index contributed by atoms with van der Waals surface area (Å²) in [7, 11) is 0. The van der Waals surface area contributed by atoms with Gasteiger partial charge in [0.1, 0.15) is 0 Å². The SMILES string of the molecule is CCCc1ccc(C(=O)NCCOCCOCCC(=O)NCc2ccc(-c3nnc(C)nn3)cc2)cc1. The fraction of sp³-hybridized carbons (Fsp3) is 0.407. The van der Waals surface area contributed by atoms with Crippen LogP contribution in [0.1, 0.15) is 47.1 Å². The molecule has 10 heteroatoms. The second kappa shape index (κ2) is 15.4. The monoisotopic (exact) mass is 506 g/mol. The lowest BCUT2D eigenvalue weighted by Crippen LogP contribution is -2.27. The van der Waals surface area contributed by atoms with E-state index < -0.39 is 0 Å². The minimum absolute atomic E-state index is 0.0919. The fourth-order valence-electron chi connectivity index (χ4n) is 3.39. The van der Waals surface area contributed by atoms with E-state index in [2.05, 4.69) is 38.0 Å². The number of amides is 2. The number of hydrogen-bond donors (Lipinski definition) is 2. The molecule has 0 spiro atoms. The van der Waals surface area contributed by atoms with Gasteiger partial charge in [-0.25, -0.2) is 0 Å². The van der Waals surface area contributed by atoms with Crippen molar-refractivity contribution in [2.24, 2.45) is 0 Å². The van der Waals surface area contributed by atoms with E-state index in [1.165, 1.54) is 5.56 Å². The molecule has 196 valence electrons. The summed E-state index contributed by atoms with van der Waals surface area (Å²) in [6, 6.07) is 15.2. The molecule has 3 rings (SSSR count). The molecule has 0 saturated carbocycles. The van der Waals surface area contributed by atoms with Crippen molar-refractivity contribution in [1.82, 2.24) is 31.0 Å². The Bertz CT molecular complexity index is 1110. The zero-order valence-electron chi connectivity index (χ0n) is 21.4. The maximum Gasteiger partial charge on any atom is 0.251 e. The Labute approximate surface area is 217 Å². The van der Waals surface area contributed by atoms with Crippen molar-refractivity contribution in [3.8, 4) is 11.4 Å². The molecule has 0 aliphatic carbocycles. The van der Waals surface area contributed by atoms with Gasteiger partial charge in [-0.3, -0.25) is 9.59 Å². The Morgan fingerprint density at radius 3 is 2.11 bits per heavy atom. The summed E-state index contributed by atoms with van der Waals surface area (Å²) in [5.74, 6) is 0.773. The second-order valence-electron chi connectivity index (χ2n) is 8.42. The average molecular weight is 507 g/mol. The van der Waals surface area contributed by atoms with Crippen molar-refractivity contribution in [3.63, 3.8) is 0 Å². The van der Waals surface area contributed by atoms with Crippen LogP contribution >= 0.6 is 0 Å². The molecule has 0 radical (unpaired) electrons. The molecule has 37 heavy (non-hydrogen) atoms. The summed E-state index contributed by atoms with van der Waals surface area (Å²) < 4.78 is 10.9. The van der Waals surface area contributed by atoms with E-state index >= 15 is 0 Å². The summed E-state index contributed by atoms with van der Waals surface area (Å²) in [6.07, 6.45) is 2.36. The largest absolute Gasteiger partial charge is 0.379 e. The number of carbonyl (C=O) groups excluding carboxylic acids is 2. The quantitative estimate of drug-likeness (QED) is 0.301. The average Bonchev–Trinajstić information content (AvgIpc) is 2.92. The van der Waals surface area contributed by atoms with Gasteiger partial charge in [0.25, 0.3) is 5.91 Å². The summed E-state index contributed by atoms with van der Waals surface area (Å²) in [4.78, 5) is 24.2. The van der Waals surface area contributed by atoms with Gasteiger partial charge in [0, 0.05) is 30.6 Å². The lowest BCUT2D eigenvalue weighted by atomic mass is 10.1. The van der Waals surface area contributed by atoms with Gasteiger partial charge in [-0.15, -0.1) is 20.4 Å². The summed E-state index contributed by atoms with van der Waals surface area (Å²) in [5, 5.41) is 21.6. The number of rotatable bonds is 15. The number of aromatic nitrogens is 4. The van der Waals surface area contributed by atoms with Crippen molar-refractivity contribution >= 4 is 11.8 Å². The molecule has 0 atom stereocenters. The number of benzene rings is 2. The standard InChI is InChI=1S/C27H34N6O4/c1-3-4-21-5-11-24(12-6-21)27(35)28-14-16-37-18-17-36-15-13-25(34)29-19-22-7-9-23(10-8-22)26-32-30-20(2)31-33-26/h5-12H,3-4,13-19H2,1-2H3,(H,28,35)(H,29,34). The van der Waals surface area contributed by atoms with E-state index in [-0.39, 0.29) is 18.2 Å². The Hall–Kier alpha value is -3.76. The van der Waals surface area contributed by atoms with Crippen LogP contribution in [-0.2, 0) is 27.2 Å². The minimum atomic E-state index is -0.111. The molecule has 1 heterocycles. The molecule has 0 unspecified atom stereocenters. The molecule has 0 aliphatic heterocycles. The van der Waals surface area contributed by atoms with Gasteiger partial charge in [-0.2, -0.15) is 0 Å². The van der Waals surface area contributed by atoms with E-state index in [4.69, 9.17) is 9.47 Å². The zero-order chi connectivity index (χ0) is 26.3. The Balaban J connectivity index is 1.19. The smallest absolute Gasteiger partial charge is 0.251 e. The lowest BCUT2D eigenvalue weighted by Gasteiger charge is -2.08. The lowest BCUT2D eigenvalue weighted by molar-refractivity contribution is -0.122. The molecule has 2 aromatic carbocycles. The topological polar surface area (TPSA) is 128 Å². The molecule has 3 aromatic rings. The number of aryl methyl sites for hydroxylation is 2. The molecule has 2 N–H and O–H groups in total. The molecular weight excluding hydrogens is 472 g/mol. The summed E-state index contributed by atoms with van der Waals surface area (Å²) >= 11 is 0. The van der Waals surface area contributed by atoms with Gasteiger partial charge in [-0.05, 0) is 36.6 Å². The number of ether oxygens (including phenoxy) is 2. The Morgan fingerprint density at radius 2 is 1.43 bits per heavy atom. The molecule has 10 nitrogen and oxygen atoms in total. The van der Waals surface area contributed by atoms with Gasteiger partial charge < -0.3 is 20.1 Å². The van der Waals surface area contributed by atoms with Crippen LogP contribution in [0.15, 0.2) is 48.5 Å². The van der Waals surface area contributed by atoms with Gasteiger partial charge in [0.15, 0.2) is 5.82 Å². The van der Waals surface area contributed by atoms with Crippen molar-refractivity contribution in [3.05, 3.63) is 71.0 Å². The molecule has 0 bridgehead atoms. The predicted octanol–water partition coefficient (Wildman–Crippen LogP) is 2.66. The Kier molecular flexibility index (Phi) is 11.6. The first kappa shape index (κ1) is 27.8. The van der Waals surface area contributed by atoms with E-state index in [9.17, 15) is 9.59 Å². The zero-order valence-corrected chi connectivity index (χ0v) is 21.4. The normalized spacial score (nSPS) is 10.8. The van der Waals surface area contributed by atoms with Crippen molar-refractivity contribution in [2.75, 3.05) is 33.0 Å². The van der Waals surface area contributed by atoms with Gasteiger partial charge in [0.05, 0.1) is 26.4 Å². The van der Waals surface area contributed by atoms with Gasteiger partial charge in [-0.1, -0.05) is 49.7 Å². The third-order valence-electron chi connectivity index (χ3n) is 5.41. The van der Waals surface area contributed by atoms with Crippen molar-refractivity contribution in [2.45, 2.75) is 39.7 Å². The molecule has 0 aliphatic rings. The molecule has 0 saturated heterocycles. The highest BCUT2D eigenvalue weighted by Crippen LogP contribution is 2.14. The molecule has 2 amide bonds. The van der Waals surface area contributed by atoms with Crippen molar-refractivity contribution in [1.29, 1.82) is 0 Å². The first-order chi connectivity index (χ1) is 18.0. The van der Waals surface area contributed by atoms with Gasteiger partial charge >= 0.3 is 0 Å². The van der Waals surface area contributed by atoms with Crippen LogP contribution in [0, 0.1) is 6.92 Å². The number of nitrogens with zero attached hydrogens (tertiary/aromatic N) is 4. The van der Waals surface area contributed by atoms with Crippen LogP contribution in [0.2, 0.25) is 0 Å². The van der Waals surface area contributed by atoms with Crippen molar-refractivity contribution < 1.29 is 19.1 Å². The van der Waals surface area contributed by atoms with Crippen LogP contribution in [0.4, 0.5) is 0 Å². The minimum Gasteiger partial charge on any atom is -0.379 e. The first-order valence-electron chi connectivity index (χ1n) is 12.5. The molecule has 1 aromatic heterocycles. The number of hydrogen-bond acceptors (Lipinski definition) is 8. The molecule has 0 fully saturated rings. The highest BCUT2D eigenvalue weighted by Gasteiger charge is 2.06. The van der Waals surface area contributed by atoms with Crippen LogP contribution in [-0.4, -0.2) is 65.2 Å². The summed E-state index contributed by atoms with van der Waals surface area (Å²) in [5.41, 5.74) is 3.64. The maximum absolute atomic E-state index is 12.1. The fourth-order valence-corrected chi connectivity index (χ4v) is 3.39. The first-order valence-corrected chi connectivity index (χ1v) is 12.5. The van der Waals surface area contributed by atoms with Crippen LogP contribution in [0.25, 0.3) is 11.4 Å².